The first-order valence-corrected chi connectivity index (χ1v) is 11.4. The summed E-state index contributed by atoms with van der Waals surface area (Å²) in [5.41, 5.74) is 2.38. The highest BCUT2D eigenvalue weighted by Crippen LogP contribution is 2.22. The van der Waals surface area contributed by atoms with E-state index in [1.165, 1.54) is 12.1 Å². The number of rotatable bonds is 7. The van der Waals surface area contributed by atoms with Gasteiger partial charge in [-0.3, -0.25) is 24.5 Å². The molecule has 1 N–H and O–H groups in total. The van der Waals surface area contributed by atoms with Gasteiger partial charge in [-0.05, 0) is 35.2 Å². The number of nitro benzene ring substituents is 1. The van der Waals surface area contributed by atoms with Gasteiger partial charge in [0.05, 0.1) is 4.92 Å². The van der Waals surface area contributed by atoms with Crippen molar-refractivity contribution in [3.05, 3.63) is 69.8 Å². The number of benzene rings is 2. The molecule has 1 aliphatic rings. The quantitative estimate of drug-likeness (QED) is 0.365. The van der Waals surface area contributed by atoms with Crippen molar-refractivity contribution in [1.29, 1.82) is 0 Å². The Balaban J connectivity index is 1.38. The van der Waals surface area contributed by atoms with Gasteiger partial charge in [0, 0.05) is 49.6 Å². The van der Waals surface area contributed by atoms with Gasteiger partial charge in [-0.2, -0.15) is 0 Å². The number of hydrogen-bond acceptors (Lipinski definition) is 7. The van der Waals surface area contributed by atoms with Crippen molar-refractivity contribution < 1.29 is 24.0 Å². The number of hydrogen-bond donors (Lipinski definition) is 1. The highest BCUT2D eigenvalue weighted by molar-refractivity contribution is 5.96. The zero-order chi connectivity index (χ0) is 25.6. The van der Waals surface area contributed by atoms with Crippen molar-refractivity contribution in [2.75, 3.05) is 44.2 Å². The highest BCUT2D eigenvalue weighted by Gasteiger charge is 2.23. The first-order valence-electron chi connectivity index (χ1n) is 11.4. The van der Waals surface area contributed by atoms with Gasteiger partial charge in [0.2, 0.25) is 0 Å². The Bertz CT molecular complexity index is 1070. The number of carbonyl (C=O) groups excluding carboxylic acids is 3. The number of nitrogens with zero attached hydrogens (tertiary/aromatic N) is 3. The van der Waals surface area contributed by atoms with Crippen molar-refractivity contribution in [3.63, 3.8) is 0 Å². The molecule has 35 heavy (non-hydrogen) atoms. The maximum Gasteiger partial charge on any atom is 0.325 e. The van der Waals surface area contributed by atoms with Crippen LogP contribution in [-0.4, -0.2) is 66.9 Å². The minimum Gasteiger partial charge on any atom is -0.454 e. The van der Waals surface area contributed by atoms with Gasteiger partial charge in [0.15, 0.2) is 6.61 Å². The molecule has 2 aromatic carbocycles. The largest absolute Gasteiger partial charge is 0.454 e. The first kappa shape index (κ1) is 25.7. The van der Waals surface area contributed by atoms with E-state index >= 15 is 0 Å². The summed E-state index contributed by atoms with van der Waals surface area (Å²) >= 11 is 0. The van der Waals surface area contributed by atoms with E-state index in [0.29, 0.717) is 31.7 Å². The minimum absolute atomic E-state index is 0.0251. The number of piperazine rings is 1. The lowest BCUT2D eigenvalue weighted by Crippen LogP contribution is -2.50. The van der Waals surface area contributed by atoms with E-state index < -0.39 is 23.4 Å². The van der Waals surface area contributed by atoms with Crippen molar-refractivity contribution >= 4 is 29.2 Å². The number of nitro groups is 1. The number of nitrogens with one attached hydrogen (secondary N) is 1. The average molecular weight is 483 g/mol. The molecule has 10 nitrogen and oxygen atoms in total. The van der Waals surface area contributed by atoms with E-state index in [4.69, 9.17) is 4.74 Å². The fourth-order valence-corrected chi connectivity index (χ4v) is 3.66. The van der Waals surface area contributed by atoms with Crippen LogP contribution in [0.5, 0.6) is 0 Å². The Morgan fingerprint density at radius 1 is 0.971 bits per heavy atom. The Morgan fingerprint density at radius 2 is 1.57 bits per heavy atom. The van der Waals surface area contributed by atoms with Crippen LogP contribution < -0.4 is 10.2 Å². The normalized spacial score (nSPS) is 13.8. The van der Waals surface area contributed by atoms with E-state index in [-0.39, 0.29) is 23.6 Å². The topological polar surface area (TPSA) is 122 Å². The molecule has 1 saturated heterocycles. The molecule has 0 aliphatic carbocycles. The van der Waals surface area contributed by atoms with Gasteiger partial charge in [0.25, 0.3) is 17.5 Å². The van der Waals surface area contributed by atoms with Crippen LogP contribution in [0.4, 0.5) is 11.4 Å². The lowest BCUT2D eigenvalue weighted by Gasteiger charge is -2.36. The number of esters is 1. The summed E-state index contributed by atoms with van der Waals surface area (Å²) in [6.07, 6.45) is 0. The molecule has 0 spiro atoms. The molecule has 0 saturated carbocycles. The first-order chi connectivity index (χ1) is 16.5. The zero-order valence-corrected chi connectivity index (χ0v) is 20.2. The van der Waals surface area contributed by atoms with E-state index in [1.54, 1.807) is 29.2 Å². The Hall–Kier alpha value is -3.95. The summed E-state index contributed by atoms with van der Waals surface area (Å²) in [6.45, 7) is 7.51. The van der Waals surface area contributed by atoms with Gasteiger partial charge in [0.1, 0.15) is 6.54 Å². The fraction of sp³-hybridized carbons (Fsp3) is 0.400. The van der Waals surface area contributed by atoms with Crippen molar-refractivity contribution in [3.8, 4) is 0 Å². The predicted octanol–water partition coefficient (Wildman–Crippen LogP) is 2.51. The third-order valence-corrected chi connectivity index (χ3v) is 5.82. The van der Waals surface area contributed by atoms with Gasteiger partial charge < -0.3 is 19.9 Å². The van der Waals surface area contributed by atoms with Gasteiger partial charge >= 0.3 is 5.97 Å². The molecule has 0 atom stereocenters. The molecule has 0 radical (unpaired) electrons. The van der Waals surface area contributed by atoms with Crippen molar-refractivity contribution in [1.82, 2.24) is 10.2 Å². The van der Waals surface area contributed by atoms with E-state index in [1.807, 2.05) is 17.0 Å². The summed E-state index contributed by atoms with van der Waals surface area (Å²) in [7, 11) is 0. The van der Waals surface area contributed by atoms with Crippen LogP contribution in [0.2, 0.25) is 0 Å². The predicted molar refractivity (Wildman–Crippen MR) is 130 cm³/mol. The SMILES string of the molecule is CC(C)(C)c1ccc(C(=O)NCC(=O)OCC(=O)N2CCN(c3ccc([N+](=O)[O-])cc3)CC2)cc1. The third-order valence-electron chi connectivity index (χ3n) is 5.82. The second kappa shape index (κ2) is 11.0. The maximum absolute atomic E-state index is 12.4. The molecule has 1 heterocycles. The molecule has 186 valence electrons. The van der Waals surface area contributed by atoms with Crippen LogP contribution >= 0.6 is 0 Å². The van der Waals surface area contributed by atoms with Crippen molar-refractivity contribution in [2.45, 2.75) is 26.2 Å². The number of amides is 2. The lowest BCUT2D eigenvalue weighted by atomic mass is 9.87. The Kier molecular flexibility index (Phi) is 8.06. The smallest absolute Gasteiger partial charge is 0.325 e. The second-order valence-electron chi connectivity index (χ2n) is 9.31. The summed E-state index contributed by atoms with van der Waals surface area (Å²) < 4.78 is 5.03. The second-order valence-corrected chi connectivity index (χ2v) is 9.31. The number of carbonyl (C=O) groups is 3. The molecule has 3 rings (SSSR count). The number of non-ortho nitro benzene ring substituents is 1. The maximum atomic E-state index is 12.4. The summed E-state index contributed by atoms with van der Waals surface area (Å²) in [4.78, 5) is 50.6. The van der Waals surface area contributed by atoms with Crippen LogP contribution in [-0.2, 0) is 19.7 Å². The molecule has 0 unspecified atom stereocenters. The third kappa shape index (κ3) is 7.02. The van der Waals surface area contributed by atoms with Crippen LogP contribution in [0.25, 0.3) is 0 Å². The monoisotopic (exact) mass is 482 g/mol. The van der Waals surface area contributed by atoms with Gasteiger partial charge in [-0.25, -0.2) is 0 Å². The molecule has 0 aromatic heterocycles. The number of ether oxygens (including phenoxy) is 1. The van der Waals surface area contributed by atoms with Crippen LogP contribution in [0.3, 0.4) is 0 Å². The van der Waals surface area contributed by atoms with Crippen LogP contribution in [0.1, 0.15) is 36.7 Å². The van der Waals surface area contributed by atoms with E-state index in [2.05, 4.69) is 26.1 Å². The lowest BCUT2D eigenvalue weighted by molar-refractivity contribution is -0.384. The van der Waals surface area contributed by atoms with Crippen molar-refractivity contribution in [2.24, 2.45) is 0 Å². The summed E-state index contributed by atoms with van der Waals surface area (Å²) in [5, 5.41) is 13.3. The highest BCUT2D eigenvalue weighted by atomic mass is 16.6. The van der Waals surface area contributed by atoms with Gasteiger partial charge in [-0.1, -0.05) is 32.9 Å². The van der Waals surface area contributed by atoms with E-state index in [0.717, 1.165) is 11.3 Å². The zero-order valence-electron chi connectivity index (χ0n) is 20.2. The molecule has 10 heteroatoms. The summed E-state index contributed by atoms with van der Waals surface area (Å²) in [5.74, 6) is -1.40. The molecule has 1 fully saturated rings. The summed E-state index contributed by atoms with van der Waals surface area (Å²) in [6, 6.07) is 13.5. The molecule has 0 bridgehead atoms. The molecule has 1 aliphatic heterocycles. The molecular weight excluding hydrogens is 452 g/mol. The van der Waals surface area contributed by atoms with Gasteiger partial charge in [-0.15, -0.1) is 0 Å². The van der Waals surface area contributed by atoms with Crippen LogP contribution in [0, 0.1) is 10.1 Å². The van der Waals surface area contributed by atoms with E-state index in [9.17, 15) is 24.5 Å². The minimum atomic E-state index is -0.692. The fourth-order valence-electron chi connectivity index (χ4n) is 3.66. The van der Waals surface area contributed by atoms with Crippen LogP contribution in [0.15, 0.2) is 48.5 Å². The number of anilines is 1. The molecule has 2 amide bonds. The molecular formula is C25H30N4O6. The average Bonchev–Trinajstić information content (AvgIpc) is 2.85. The standard InChI is InChI=1S/C25H30N4O6/c1-25(2,3)19-6-4-18(5-7-19)24(32)26-16-23(31)35-17-22(30)28-14-12-27(13-15-28)20-8-10-21(11-9-20)29(33)34/h4-11H,12-17H2,1-3H3,(H,26,32). The Morgan fingerprint density at radius 3 is 2.11 bits per heavy atom. The Labute approximate surface area is 204 Å². The molecule has 2 aromatic rings.